The van der Waals surface area contributed by atoms with Crippen LogP contribution in [0.3, 0.4) is 0 Å². The standard InChI is InChI=1S/C30H35N5O5/c1-20-6-5-8-24(21(20)2)25-18-33(30(40)35(16-17-36)28(25)38)19-27(37)32-13-11-23(12-14-32)34-15-10-22-7-3-4-9-26(22)31-29(34)39/h3-9,18,23,36H,10-17,19H2,1-2H3,(H,31,39). The molecule has 3 amide bonds. The number of carbonyl (C=O) groups excluding carboxylic acids is 2. The molecule has 3 aromatic rings. The van der Waals surface area contributed by atoms with Crippen LogP contribution in [0.15, 0.2) is 58.3 Å². The summed E-state index contributed by atoms with van der Waals surface area (Å²) in [5.74, 6) is -0.227. The average Bonchev–Trinajstić information content (AvgIpc) is 3.12. The van der Waals surface area contributed by atoms with Crippen LogP contribution in [-0.2, 0) is 24.3 Å². The number of piperidine rings is 1. The quantitative estimate of drug-likeness (QED) is 0.493. The van der Waals surface area contributed by atoms with Crippen LogP contribution < -0.4 is 16.6 Å². The zero-order chi connectivity index (χ0) is 28.4. The maximum absolute atomic E-state index is 13.3. The molecule has 5 rings (SSSR count). The van der Waals surface area contributed by atoms with Crippen molar-refractivity contribution in [1.29, 1.82) is 0 Å². The first-order chi connectivity index (χ1) is 19.3. The number of nitrogens with zero attached hydrogens (tertiary/aromatic N) is 4. The number of hydrogen-bond acceptors (Lipinski definition) is 5. The fraction of sp³-hybridized carbons (Fsp3) is 0.400. The molecule has 0 unspecified atom stereocenters. The lowest BCUT2D eigenvalue weighted by molar-refractivity contribution is -0.133. The lowest BCUT2D eigenvalue weighted by atomic mass is 9.99. The SMILES string of the molecule is Cc1cccc(-c2cn(CC(=O)N3CCC(N4CCc5ccccc5NC4=O)CC3)c(=O)n(CCO)c2=O)c1C. The van der Waals surface area contributed by atoms with E-state index in [4.69, 9.17) is 0 Å². The van der Waals surface area contributed by atoms with Gasteiger partial charge in [0, 0.05) is 37.6 Å². The predicted octanol–water partition coefficient (Wildman–Crippen LogP) is 2.37. The Labute approximate surface area is 232 Å². The third-order valence-electron chi connectivity index (χ3n) is 8.16. The predicted molar refractivity (Wildman–Crippen MR) is 152 cm³/mol. The van der Waals surface area contributed by atoms with Crippen LogP contribution in [0, 0.1) is 13.8 Å². The highest BCUT2D eigenvalue weighted by Gasteiger charge is 2.31. The highest BCUT2D eigenvalue weighted by Crippen LogP contribution is 2.25. The van der Waals surface area contributed by atoms with Gasteiger partial charge in [-0.1, -0.05) is 36.4 Å². The summed E-state index contributed by atoms with van der Waals surface area (Å²) < 4.78 is 2.26. The molecule has 2 N–H and O–H groups in total. The van der Waals surface area contributed by atoms with Gasteiger partial charge in [0.05, 0.1) is 18.7 Å². The van der Waals surface area contributed by atoms with Gasteiger partial charge in [0.15, 0.2) is 0 Å². The van der Waals surface area contributed by atoms with Crippen LogP contribution in [0.5, 0.6) is 0 Å². The maximum atomic E-state index is 13.3. The van der Waals surface area contributed by atoms with Gasteiger partial charge in [0.25, 0.3) is 5.56 Å². The van der Waals surface area contributed by atoms with Crippen molar-refractivity contribution in [3.8, 4) is 11.1 Å². The van der Waals surface area contributed by atoms with Gasteiger partial charge < -0.3 is 20.2 Å². The molecule has 2 aromatic carbocycles. The maximum Gasteiger partial charge on any atom is 0.331 e. The molecule has 40 heavy (non-hydrogen) atoms. The van der Waals surface area contributed by atoms with Gasteiger partial charge in [-0.3, -0.25) is 18.7 Å². The van der Waals surface area contributed by atoms with E-state index in [9.17, 15) is 24.3 Å². The van der Waals surface area contributed by atoms with Crippen molar-refractivity contribution < 1.29 is 14.7 Å². The Kier molecular flexibility index (Phi) is 7.88. The molecule has 210 valence electrons. The Bertz CT molecular complexity index is 1550. The van der Waals surface area contributed by atoms with Crippen molar-refractivity contribution in [2.24, 2.45) is 0 Å². The van der Waals surface area contributed by atoms with Crippen molar-refractivity contribution in [3.63, 3.8) is 0 Å². The number of para-hydroxylation sites is 1. The molecule has 2 aliphatic rings. The van der Waals surface area contributed by atoms with Gasteiger partial charge in [0.1, 0.15) is 6.54 Å². The van der Waals surface area contributed by atoms with E-state index in [1.807, 2.05) is 61.2 Å². The molecule has 0 saturated carbocycles. The molecule has 0 radical (unpaired) electrons. The Balaban J connectivity index is 1.31. The number of aliphatic hydroxyl groups is 1. The highest BCUT2D eigenvalue weighted by atomic mass is 16.3. The van der Waals surface area contributed by atoms with Crippen LogP contribution in [0.2, 0.25) is 0 Å². The minimum absolute atomic E-state index is 0.0171. The number of aryl methyl sites for hydroxylation is 1. The Morgan fingerprint density at radius 3 is 2.48 bits per heavy atom. The number of aromatic nitrogens is 2. The summed E-state index contributed by atoms with van der Waals surface area (Å²) in [6.45, 7) is 4.66. The van der Waals surface area contributed by atoms with Crippen LogP contribution in [-0.4, -0.2) is 68.3 Å². The van der Waals surface area contributed by atoms with E-state index in [-0.39, 0.29) is 37.7 Å². The molecule has 1 fully saturated rings. The van der Waals surface area contributed by atoms with Gasteiger partial charge in [-0.2, -0.15) is 0 Å². The smallest absolute Gasteiger partial charge is 0.331 e. The van der Waals surface area contributed by atoms with Crippen molar-refractivity contribution in [2.75, 3.05) is 31.6 Å². The van der Waals surface area contributed by atoms with Gasteiger partial charge in [0.2, 0.25) is 5.91 Å². The van der Waals surface area contributed by atoms with E-state index < -0.39 is 11.2 Å². The summed E-state index contributed by atoms with van der Waals surface area (Å²) >= 11 is 0. The monoisotopic (exact) mass is 545 g/mol. The van der Waals surface area contributed by atoms with E-state index >= 15 is 0 Å². The number of urea groups is 1. The van der Waals surface area contributed by atoms with Crippen LogP contribution in [0.1, 0.15) is 29.5 Å². The van der Waals surface area contributed by atoms with Crippen molar-refractivity contribution >= 4 is 17.6 Å². The van der Waals surface area contributed by atoms with E-state index in [2.05, 4.69) is 5.32 Å². The summed E-state index contributed by atoms with van der Waals surface area (Å²) in [7, 11) is 0. The first kappa shape index (κ1) is 27.4. The minimum Gasteiger partial charge on any atom is -0.395 e. The fourth-order valence-electron chi connectivity index (χ4n) is 5.70. The molecule has 1 aromatic heterocycles. The van der Waals surface area contributed by atoms with E-state index in [1.54, 1.807) is 4.90 Å². The second-order valence-corrected chi connectivity index (χ2v) is 10.5. The molecule has 0 aliphatic carbocycles. The second kappa shape index (κ2) is 11.5. The number of rotatable bonds is 6. The zero-order valence-electron chi connectivity index (χ0n) is 22.9. The van der Waals surface area contributed by atoms with Crippen molar-refractivity contribution in [1.82, 2.24) is 18.9 Å². The molecule has 1 saturated heterocycles. The molecule has 3 heterocycles. The lowest BCUT2D eigenvalue weighted by Gasteiger charge is -2.38. The molecular formula is C30H35N5O5. The van der Waals surface area contributed by atoms with Crippen LogP contribution in [0.25, 0.3) is 11.1 Å². The summed E-state index contributed by atoms with van der Waals surface area (Å²) in [5.41, 5.74) is 3.76. The van der Waals surface area contributed by atoms with Gasteiger partial charge in [-0.05, 0) is 61.4 Å². The number of carbonyl (C=O) groups is 2. The third-order valence-corrected chi connectivity index (χ3v) is 8.16. The molecular weight excluding hydrogens is 510 g/mol. The third kappa shape index (κ3) is 5.31. The molecule has 0 spiro atoms. The molecule has 10 nitrogen and oxygen atoms in total. The number of fused-ring (bicyclic) bond motifs is 1. The Morgan fingerprint density at radius 2 is 1.73 bits per heavy atom. The molecule has 0 atom stereocenters. The van der Waals surface area contributed by atoms with Gasteiger partial charge >= 0.3 is 11.7 Å². The lowest BCUT2D eigenvalue weighted by Crippen LogP contribution is -2.51. The first-order valence-corrected chi connectivity index (χ1v) is 13.7. The average molecular weight is 546 g/mol. The first-order valence-electron chi connectivity index (χ1n) is 13.7. The fourth-order valence-corrected chi connectivity index (χ4v) is 5.70. The van der Waals surface area contributed by atoms with E-state index in [0.29, 0.717) is 43.6 Å². The largest absolute Gasteiger partial charge is 0.395 e. The number of nitrogens with one attached hydrogen (secondary N) is 1. The summed E-state index contributed by atoms with van der Waals surface area (Å²) in [4.78, 5) is 56.2. The van der Waals surface area contributed by atoms with Gasteiger partial charge in [-0.15, -0.1) is 0 Å². The number of aliphatic hydroxyl groups excluding tert-OH is 1. The number of amides is 3. The Hall–Kier alpha value is -4.18. The van der Waals surface area contributed by atoms with Crippen molar-refractivity contribution in [3.05, 3.63) is 86.2 Å². The number of hydrogen-bond donors (Lipinski definition) is 2. The summed E-state index contributed by atoms with van der Waals surface area (Å²) in [5, 5.41) is 12.5. The Morgan fingerprint density at radius 1 is 0.975 bits per heavy atom. The second-order valence-electron chi connectivity index (χ2n) is 10.5. The normalized spacial score (nSPS) is 15.9. The van der Waals surface area contributed by atoms with E-state index in [1.165, 1.54) is 10.8 Å². The summed E-state index contributed by atoms with van der Waals surface area (Å²) in [6, 6.07) is 13.3. The summed E-state index contributed by atoms with van der Waals surface area (Å²) in [6.07, 6.45) is 3.51. The molecule has 10 heteroatoms. The molecule has 2 aliphatic heterocycles. The topological polar surface area (TPSA) is 117 Å². The highest BCUT2D eigenvalue weighted by molar-refractivity contribution is 5.91. The minimum atomic E-state index is -0.628. The number of anilines is 1. The van der Waals surface area contributed by atoms with E-state index in [0.717, 1.165) is 33.4 Å². The van der Waals surface area contributed by atoms with Gasteiger partial charge in [-0.25, -0.2) is 9.59 Å². The van der Waals surface area contributed by atoms with Crippen LogP contribution in [0.4, 0.5) is 10.5 Å². The van der Waals surface area contributed by atoms with Crippen LogP contribution >= 0.6 is 0 Å². The zero-order valence-corrected chi connectivity index (χ0v) is 22.9. The van der Waals surface area contributed by atoms with Crippen molar-refractivity contribution in [2.45, 2.75) is 52.2 Å². The number of likely N-dealkylation sites (tertiary alicyclic amines) is 1. The number of benzene rings is 2. The molecule has 0 bridgehead atoms.